The second-order valence-corrected chi connectivity index (χ2v) is 6.74. The highest BCUT2D eigenvalue weighted by atomic mass is 79.9. The summed E-state index contributed by atoms with van der Waals surface area (Å²) in [5, 5.41) is -0.0413. The maximum absolute atomic E-state index is 12.1. The molecule has 2 nitrogen and oxygen atoms in total. The van der Waals surface area contributed by atoms with Crippen LogP contribution in [-0.2, 0) is 9.53 Å². The summed E-state index contributed by atoms with van der Waals surface area (Å²) in [5.74, 6) is -0.273. The molecule has 2 aromatic rings. The highest BCUT2D eigenvalue weighted by Crippen LogP contribution is 2.47. The van der Waals surface area contributed by atoms with Crippen LogP contribution in [0.4, 0.5) is 0 Å². The highest BCUT2D eigenvalue weighted by Gasteiger charge is 2.28. The molecule has 1 aliphatic rings. The van der Waals surface area contributed by atoms with Crippen molar-refractivity contribution in [2.45, 2.75) is 10.1 Å². The first-order valence-electron chi connectivity index (χ1n) is 6.50. The fourth-order valence-corrected chi connectivity index (χ4v) is 3.83. The molecule has 1 unspecified atom stereocenters. The first-order chi connectivity index (χ1) is 10.2. The number of thioether (sulfide) groups is 1. The molecule has 0 saturated carbocycles. The summed E-state index contributed by atoms with van der Waals surface area (Å²) < 4.78 is 5.97. The number of hydrogen-bond acceptors (Lipinski definition) is 3. The van der Waals surface area contributed by atoms with E-state index in [-0.39, 0.29) is 11.2 Å². The van der Waals surface area contributed by atoms with Crippen molar-refractivity contribution in [3.63, 3.8) is 0 Å². The minimum atomic E-state index is -0.273. The van der Waals surface area contributed by atoms with Gasteiger partial charge in [0.1, 0.15) is 0 Å². The van der Waals surface area contributed by atoms with Crippen LogP contribution in [0.5, 0.6) is 0 Å². The summed E-state index contributed by atoms with van der Waals surface area (Å²) >= 11 is 5.12. The average Bonchev–Trinajstić information content (AvgIpc) is 2.53. The van der Waals surface area contributed by atoms with Gasteiger partial charge in [-0.05, 0) is 35.4 Å². The summed E-state index contributed by atoms with van der Waals surface area (Å²) in [7, 11) is 1.42. The van der Waals surface area contributed by atoms with Crippen molar-refractivity contribution in [1.82, 2.24) is 0 Å². The van der Waals surface area contributed by atoms with Crippen molar-refractivity contribution >= 4 is 39.7 Å². The first-order valence-corrected chi connectivity index (χ1v) is 8.17. The number of fused-ring (bicyclic) bond motifs is 1. The predicted octanol–water partition coefficient (Wildman–Crippen LogP) is 4.85. The van der Waals surface area contributed by atoms with Crippen LogP contribution in [0.15, 0.2) is 63.5 Å². The van der Waals surface area contributed by atoms with Crippen LogP contribution in [0.1, 0.15) is 16.4 Å². The first kappa shape index (κ1) is 14.4. The van der Waals surface area contributed by atoms with E-state index in [9.17, 15) is 4.79 Å². The number of carbonyl (C=O) groups excluding carboxylic acids is 1. The minimum absolute atomic E-state index is 0.0413. The number of hydrogen-bond donors (Lipinski definition) is 0. The van der Waals surface area contributed by atoms with Crippen LogP contribution >= 0.6 is 27.7 Å². The maximum atomic E-state index is 12.1. The Morgan fingerprint density at radius 2 is 1.86 bits per heavy atom. The monoisotopic (exact) mass is 360 g/mol. The minimum Gasteiger partial charge on any atom is -0.466 e. The van der Waals surface area contributed by atoms with Gasteiger partial charge in [-0.2, -0.15) is 0 Å². The highest BCUT2D eigenvalue weighted by molar-refractivity contribution is 9.10. The molecule has 3 rings (SSSR count). The van der Waals surface area contributed by atoms with Gasteiger partial charge in [0.05, 0.1) is 17.9 Å². The van der Waals surface area contributed by atoms with Crippen LogP contribution in [0.25, 0.3) is 6.08 Å². The SMILES string of the molecule is COC(=O)C1=Cc2ccccc2SC1c1ccc(Br)cc1. The van der Waals surface area contributed by atoms with Gasteiger partial charge in [-0.15, -0.1) is 11.8 Å². The van der Waals surface area contributed by atoms with Crippen molar-refractivity contribution < 1.29 is 9.53 Å². The van der Waals surface area contributed by atoms with Gasteiger partial charge in [-0.3, -0.25) is 0 Å². The molecule has 0 spiro atoms. The Hall–Kier alpha value is -1.52. The smallest absolute Gasteiger partial charge is 0.335 e. The normalized spacial score (nSPS) is 16.9. The van der Waals surface area contributed by atoms with Crippen LogP contribution < -0.4 is 0 Å². The maximum Gasteiger partial charge on any atom is 0.335 e. The Labute approximate surface area is 136 Å². The van der Waals surface area contributed by atoms with Gasteiger partial charge >= 0.3 is 5.97 Å². The molecule has 106 valence electrons. The Morgan fingerprint density at radius 1 is 1.14 bits per heavy atom. The lowest BCUT2D eigenvalue weighted by molar-refractivity contribution is -0.136. The summed E-state index contributed by atoms with van der Waals surface area (Å²) in [6.45, 7) is 0. The van der Waals surface area contributed by atoms with Crippen molar-refractivity contribution in [3.05, 3.63) is 69.7 Å². The van der Waals surface area contributed by atoms with Crippen LogP contribution in [0, 0.1) is 0 Å². The average molecular weight is 361 g/mol. The summed E-state index contributed by atoms with van der Waals surface area (Å²) in [5.41, 5.74) is 2.84. The number of ether oxygens (including phenoxy) is 1. The van der Waals surface area contributed by atoms with E-state index in [0.717, 1.165) is 15.6 Å². The van der Waals surface area contributed by atoms with E-state index in [1.807, 2.05) is 48.5 Å². The van der Waals surface area contributed by atoms with Gasteiger partial charge in [0.25, 0.3) is 0 Å². The zero-order valence-corrected chi connectivity index (χ0v) is 13.8. The molecule has 0 fully saturated rings. The van der Waals surface area contributed by atoms with Crippen molar-refractivity contribution in [3.8, 4) is 0 Å². The number of benzene rings is 2. The number of methoxy groups -OCH3 is 1. The lowest BCUT2D eigenvalue weighted by Crippen LogP contribution is -2.13. The lowest BCUT2D eigenvalue weighted by Gasteiger charge is -2.24. The standard InChI is InChI=1S/C17H13BrO2S/c1-20-17(19)14-10-12-4-2-3-5-15(12)21-16(14)11-6-8-13(18)9-7-11/h2-10,16H,1H3. The van der Waals surface area contributed by atoms with Crippen molar-refractivity contribution in [2.24, 2.45) is 0 Å². The molecule has 21 heavy (non-hydrogen) atoms. The summed E-state index contributed by atoms with van der Waals surface area (Å²) in [6.07, 6.45) is 1.93. The second kappa shape index (κ2) is 6.08. The third-order valence-corrected chi connectivity index (χ3v) is 5.27. The Kier molecular flexibility index (Phi) is 4.17. The summed E-state index contributed by atoms with van der Waals surface area (Å²) in [4.78, 5) is 13.3. The van der Waals surface area contributed by atoms with Gasteiger partial charge in [-0.25, -0.2) is 4.79 Å². The molecule has 1 atom stereocenters. The van der Waals surface area contributed by atoms with E-state index >= 15 is 0 Å². The molecule has 1 heterocycles. The van der Waals surface area contributed by atoms with Crippen LogP contribution in [0.2, 0.25) is 0 Å². The third kappa shape index (κ3) is 2.92. The fraction of sp³-hybridized carbons (Fsp3) is 0.118. The number of carbonyl (C=O) groups is 1. The van der Waals surface area contributed by atoms with Crippen molar-refractivity contribution in [1.29, 1.82) is 0 Å². The van der Waals surface area contributed by atoms with E-state index < -0.39 is 0 Å². The zero-order valence-electron chi connectivity index (χ0n) is 11.4. The van der Waals surface area contributed by atoms with Crippen molar-refractivity contribution in [2.75, 3.05) is 7.11 Å². The molecule has 0 aliphatic carbocycles. The molecule has 0 aromatic heterocycles. The van der Waals surface area contributed by atoms with E-state index in [4.69, 9.17) is 4.74 Å². The molecule has 0 amide bonds. The molecular formula is C17H13BrO2S. The van der Waals surface area contributed by atoms with Gasteiger partial charge in [0.2, 0.25) is 0 Å². The largest absolute Gasteiger partial charge is 0.466 e. The Bertz CT molecular complexity index is 707. The number of rotatable bonds is 2. The van der Waals surface area contributed by atoms with E-state index in [0.29, 0.717) is 5.57 Å². The van der Waals surface area contributed by atoms with Crippen LogP contribution in [0.3, 0.4) is 0 Å². The molecule has 0 radical (unpaired) electrons. The van der Waals surface area contributed by atoms with Gasteiger partial charge in [0.15, 0.2) is 0 Å². The Balaban J connectivity index is 2.07. The zero-order chi connectivity index (χ0) is 14.8. The van der Waals surface area contributed by atoms with Gasteiger partial charge in [0, 0.05) is 9.37 Å². The summed E-state index contributed by atoms with van der Waals surface area (Å²) in [6, 6.07) is 16.1. The second-order valence-electron chi connectivity index (χ2n) is 4.68. The van der Waals surface area contributed by atoms with Gasteiger partial charge < -0.3 is 4.74 Å². The topological polar surface area (TPSA) is 26.3 Å². The predicted molar refractivity (Wildman–Crippen MR) is 89.2 cm³/mol. The lowest BCUT2D eigenvalue weighted by atomic mass is 10.0. The Morgan fingerprint density at radius 3 is 2.57 bits per heavy atom. The number of esters is 1. The molecule has 0 saturated heterocycles. The number of halogens is 1. The molecule has 4 heteroatoms. The molecule has 1 aliphatic heterocycles. The van der Waals surface area contributed by atoms with E-state index in [1.165, 1.54) is 12.0 Å². The molecule has 0 bridgehead atoms. The molecular weight excluding hydrogens is 348 g/mol. The van der Waals surface area contributed by atoms with Crippen LogP contribution in [-0.4, -0.2) is 13.1 Å². The molecule has 2 aromatic carbocycles. The quantitative estimate of drug-likeness (QED) is 0.715. The van der Waals surface area contributed by atoms with E-state index in [2.05, 4.69) is 22.0 Å². The van der Waals surface area contributed by atoms with Gasteiger partial charge in [-0.1, -0.05) is 46.3 Å². The third-order valence-electron chi connectivity index (χ3n) is 3.35. The molecule has 0 N–H and O–H groups in total. The van der Waals surface area contributed by atoms with E-state index in [1.54, 1.807) is 11.8 Å². The fourth-order valence-electron chi connectivity index (χ4n) is 2.31.